The molecule has 2 aromatic carbocycles. The molecule has 0 unspecified atom stereocenters. The van der Waals surface area contributed by atoms with Crippen molar-refractivity contribution in [3.8, 4) is 0 Å². The number of hydrogen-bond acceptors (Lipinski definition) is 2. The molecule has 0 saturated carbocycles. The third-order valence-corrected chi connectivity index (χ3v) is 2.45. The standard InChI is InChI=1S/C13H13FN2/c14-13-8-12(16)6-3-10(13)7-9-1-4-11(15)5-2-9/h1-6,8H,7,15-16H2. The molecule has 2 nitrogen and oxygen atoms in total. The van der Waals surface area contributed by atoms with Crippen LogP contribution in [0.4, 0.5) is 15.8 Å². The lowest BCUT2D eigenvalue weighted by atomic mass is 10.0. The smallest absolute Gasteiger partial charge is 0.128 e. The lowest BCUT2D eigenvalue weighted by molar-refractivity contribution is 0.614. The molecular weight excluding hydrogens is 203 g/mol. The molecule has 0 aromatic heterocycles. The number of benzene rings is 2. The zero-order chi connectivity index (χ0) is 11.5. The highest BCUT2D eigenvalue weighted by atomic mass is 19.1. The van der Waals surface area contributed by atoms with Gasteiger partial charge in [-0.15, -0.1) is 0 Å². The maximum Gasteiger partial charge on any atom is 0.128 e. The van der Waals surface area contributed by atoms with Crippen LogP contribution in [0.3, 0.4) is 0 Å². The zero-order valence-electron chi connectivity index (χ0n) is 8.78. The lowest BCUT2D eigenvalue weighted by Crippen LogP contribution is -1.95. The predicted octanol–water partition coefficient (Wildman–Crippen LogP) is 2.58. The van der Waals surface area contributed by atoms with Gasteiger partial charge in [-0.3, -0.25) is 0 Å². The molecule has 0 aliphatic rings. The lowest BCUT2D eigenvalue weighted by Gasteiger charge is -2.04. The summed E-state index contributed by atoms with van der Waals surface area (Å²) in [4.78, 5) is 0. The van der Waals surface area contributed by atoms with Crippen molar-refractivity contribution in [2.45, 2.75) is 6.42 Å². The van der Waals surface area contributed by atoms with Gasteiger partial charge in [0.2, 0.25) is 0 Å². The first-order chi connectivity index (χ1) is 7.65. The Hall–Kier alpha value is -2.03. The minimum Gasteiger partial charge on any atom is -0.399 e. The van der Waals surface area contributed by atoms with Crippen LogP contribution in [0.5, 0.6) is 0 Å². The van der Waals surface area contributed by atoms with E-state index in [9.17, 15) is 4.39 Å². The van der Waals surface area contributed by atoms with Crippen LogP contribution in [0.25, 0.3) is 0 Å². The molecule has 0 amide bonds. The third kappa shape index (κ3) is 2.31. The number of hydrogen-bond donors (Lipinski definition) is 2. The van der Waals surface area contributed by atoms with E-state index in [1.807, 2.05) is 24.3 Å². The van der Waals surface area contributed by atoms with E-state index < -0.39 is 0 Å². The maximum absolute atomic E-state index is 13.5. The highest BCUT2D eigenvalue weighted by molar-refractivity contribution is 5.43. The SMILES string of the molecule is Nc1ccc(Cc2ccc(N)cc2F)cc1. The van der Waals surface area contributed by atoms with Gasteiger partial charge < -0.3 is 11.5 Å². The van der Waals surface area contributed by atoms with Gasteiger partial charge in [-0.2, -0.15) is 0 Å². The maximum atomic E-state index is 13.5. The van der Waals surface area contributed by atoms with Crippen LogP contribution in [-0.4, -0.2) is 0 Å². The summed E-state index contributed by atoms with van der Waals surface area (Å²) in [6, 6.07) is 12.2. The summed E-state index contributed by atoms with van der Waals surface area (Å²) in [6.45, 7) is 0. The Labute approximate surface area is 93.7 Å². The number of nitrogens with two attached hydrogens (primary N) is 2. The summed E-state index contributed by atoms with van der Waals surface area (Å²) < 4.78 is 13.5. The van der Waals surface area contributed by atoms with Crippen LogP contribution >= 0.6 is 0 Å². The van der Waals surface area contributed by atoms with Crippen molar-refractivity contribution in [2.75, 3.05) is 11.5 Å². The topological polar surface area (TPSA) is 52.0 Å². The normalized spacial score (nSPS) is 10.3. The van der Waals surface area contributed by atoms with Gasteiger partial charge in [-0.1, -0.05) is 18.2 Å². The predicted molar refractivity (Wildman–Crippen MR) is 64.5 cm³/mol. The minimum atomic E-state index is -0.267. The Kier molecular flexibility index (Phi) is 2.77. The van der Waals surface area contributed by atoms with Crippen LogP contribution < -0.4 is 11.5 Å². The fraction of sp³-hybridized carbons (Fsp3) is 0.0769. The van der Waals surface area contributed by atoms with Crippen molar-refractivity contribution in [3.05, 3.63) is 59.4 Å². The Morgan fingerprint density at radius 1 is 0.875 bits per heavy atom. The molecule has 16 heavy (non-hydrogen) atoms. The number of anilines is 2. The van der Waals surface area contributed by atoms with Crippen molar-refractivity contribution in [1.29, 1.82) is 0 Å². The number of rotatable bonds is 2. The van der Waals surface area contributed by atoms with Gasteiger partial charge in [-0.05, 0) is 35.4 Å². The van der Waals surface area contributed by atoms with Crippen molar-refractivity contribution in [3.63, 3.8) is 0 Å². The summed E-state index contributed by atoms with van der Waals surface area (Å²) in [5.41, 5.74) is 13.9. The summed E-state index contributed by atoms with van der Waals surface area (Å²) in [5, 5.41) is 0. The monoisotopic (exact) mass is 216 g/mol. The molecule has 0 saturated heterocycles. The molecule has 0 radical (unpaired) electrons. The van der Waals surface area contributed by atoms with Crippen LogP contribution in [0.15, 0.2) is 42.5 Å². The van der Waals surface area contributed by atoms with Crippen molar-refractivity contribution in [2.24, 2.45) is 0 Å². The van der Waals surface area contributed by atoms with Gasteiger partial charge >= 0.3 is 0 Å². The van der Waals surface area contributed by atoms with Crippen LogP contribution in [-0.2, 0) is 6.42 Å². The second-order valence-electron chi connectivity index (χ2n) is 3.77. The fourth-order valence-corrected chi connectivity index (χ4v) is 1.56. The largest absolute Gasteiger partial charge is 0.399 e. The molecule has 0 fully saturated rings. The first-order valence-corrected chi connectivity index (χ1v) is 5.03. The summed E-state index contributed by atoms with van der Waals surface area (Å²) in [6.07, 6.45) is 0.548. The third-order valence-electron chi connectivity index (χ3n) is 2.45. The summed E-state index contributed by atoms with van der Waals surface area (Å²) >= 11 is 0. The van der Waals surface area contributed by atoms with Crippen molar-refractivity contribution in [1.82, 2.24) is 0 Å². The van der Waals surface area contributed by atoms with Crippen LogP contribution in [0.1, 0.15) is 11.1 Å². The van der Waals surface area contributed by atoms with Gasteiger partial charge in [0, 0.05) is 17.8 Å². The van der Waals surface area contributed by atoms with Crippen LogP contribution in [0.2, 0.25) is 0 Å². The van der Waals surface area contributed by atoms with E-state index in [1.165, 1.54) is 6.07 Å². The van der Waals surface area contributed by atoms with Gasteiger partial charge in [0.15, 0.2) is 0 Å². The van der Waals surface area contributed by atoms with Crippen LogP contribution in [0, 0.1) is 5.82 Å². The van der Waals surface area contributed by atoms with Gasteiger partial charge in [-0.25, -0.2) is 4.39 Å². The molecule has 82 valence electrons. The molecular formula is C13H13FN2. The Morgan fingerprint density at radius 2 is 1.50 bits per heavy atom. The molecule has 0 atom stereocenters. The highest BCUT2D eigenvalue weighted by Crippen LogP contribution is 2.16. The Morgan fingerprint density at radius 3 is 2.12 bits per heavy atom. The minimum absolute atomic E-state index is 0.267. The molecule has 4 N–H and O–H groups in total. The second kappa shape index (κ2) is 4.23. The van der Waals surface area contributed by atoms with Gasteiger partial charge in [0.1, 0.15) is 5.82 Å². The average molecular weight is 216 g/mol. The quantitative estimate of drug-likeness (QED) is 0.758. The van der Waals surface area contributed by atoms with Gasteiger partial charge in [0.05, 0.1) is 0 Å². The molecule has 0 aliphatic carbocycles. The first-order valence-electron chi connectivity index (χ1n) is 5.03. The summed E-state index contributed by atoms with van der Waals surface area (Å²) in [5.74, 6) is -0.267. The molecule has 3 heteroatoms. The van der Waals surface area contributed by atoms with E-state index in [1.54, 1.807) is 12.1 Å². The molecule has 0 aliphatic heterocycles. The number of nitrogen functional groups attached to an aromatic ring is 2. The average Bonchev–Trinajstić information content (AvgIpc) is 2.25. The van der Waals surface area contributed by atoms with Gasteiger partial charge in [0.25, 0.3) is 0 Å². The number of halogens is 1. The van der Waals surface area contributed by atoms with E-state index in [4.69, 9.17) is 11.5 Å². The molecule has 2 aromatic rings. The molecule has 2 rings (SSSR count). The molecule has 0 bridgehead atoms. The summed E-state index contributed by atoms with van der Waals surface area (Å²) in [7, 11) is 0. The van der Waals surface area contributed by atoms with E-state index in [0.717, 1.165) is 5.56 Å². The van der Waals surface area contributed by atoms with E-state index in [-0.39, 0.29) is 5.82 Å². The van der Waals surface area contributed by atoms with E-state index in [2.05, 4.69) is 0 Å². The Bertz CT molecular complexity index is 492. The molecule has 0 spiro atoms. The Balaban J connectivity index is 2.23. The zero-order valence-corrected chi connectivity index (χ0v) is 8.78. The molecule has 0 heterocycles. The van der Waals surface area contributed by atoms with E-state index >= 15 is 0 Å². The fourth-order valence-electron chi connectivity index (χ4n) is 1.56. The second-order valence-corrected chi connectivity index (χ2v) is 3.77. The van der Waals surface area contributed by atoms with Crippen molar-refractivity contribution >= 4 is 11.4 Å². The highest BCUT2D eigenvalue weighted by Gasteiger charge is 2.03. The van der Waals surface area contributed by atoms with Crippen molar-refractivity contribution < 1.29 is 4.39 Å². The first kappa shape index (κ1) is 10.5. The van der Waals surface area contributed by atoms with E-state index in [0.29, 0.717) is 23.4 Å².